The molecule has 7 nitrogen and oxygen atoms in total. The van der Waals surface area contributed by atoms with Crippen molar-refractivity contribution in [2.75, 3.05) is 7.11 Å². The Balaban J connectivity index is 2.59. The third-order valence-corrected chi connectivity index (χ3v) is 2.00. The zero-order valence-electron chi connectivity index (χ0n) is 8.28. The summed E-state index contributed by atoms with van der Waals surface area (Å²) in [6.45, 7) is 0. The number of hydrogen-bond acceptors (Lipinski definition) is 6. The van der Waals surface area contributed by atoms with Gasteiger partial charge in [-0.15, -0.1) is 0 Å². The fraction of sp³-hybridized carbons (Fsp3) is 0.111. The molecule has 1 heterocycles. The molecule has 0 saturated heterocycles. The van der Waals surface area contributed by atoms with Gasteiger partial charge in [-0.25, -0.2) is 0 Å². The number of nitrogens with zero attached hydrogens (tertiary/aromatic N) is 3. The van der Waals surface area contributed by atoms with Gasteiger partial charge in [0.05, 0.1) is 12.0 Å². The minimum Gasteiger partial charge on any atom is -0.497 e. The van der Waals surface area contributed by atoms with Crippen molar-refractivity contribution in [2.24, 2.45) is 0 Å². The number of ether oxygens (including phenoxy) is 1. The Morgan fingerprint density at radius 1 is 1.50 bits per heavy atom. The van der Waals surface area contributed by atoms with E-state index in [9.17, 15) is 10.1 Å². The van der Waals surface area contributed by atoms with E-state index in [2.05, 4.69) is 14.7 Å². The van der Waals surface area contributed by atoms with Crippen molar-refractivity contribution in [1.82, 2.24) is 10.1 Å². The highest BCUT2D eigenvalue weighted by molar-refractivity contribution is 5.69. The van der Waals surface area contributed by atoms with Crippen molar-refractivity contribution in [3.05, 3.63) is 34.7 Å². The van der Waals surface area contributed by atoms with Gasteiger partial charge in [0.25, 0.3) is 5.69 Å². The van der Waals surface area contributed by atoms with Gasteiger partial charge in [-0.2, -0.15) is 4.98 Å². The first-order chi connectivity index (χ1) is 7.72. The fourth-order valence-corrected chi connectivity index (χ4v) is 1.27. The Kier molecular flexibility index (Phi) is 2.50. The summed E-state index contributed by atoms with van der Waals surface area (Å²) in [6.07, 6.45) is 1.11. The van der Waals surface area contributed by atoms with Gasteiger partial charge in [0, 0.05) is 6.07 Å². The van der Waals surface area contributed by atoms with E-state index in [0.717, 1.165) is 6.39 Å². The van der Waals surface area contributed by atoms with Crippen LogP contribution in [0.25, 0.3) is 11.4 Å². The van der Waals surface area contributed by atoms with Crippen LogP contribution in [-0.4, -0.2) is 22.2 Å². The summed E-state index contributed by atoms with van der Waals surface area (Å²) in [5.41, 5.74) is 0.167. The number of hydrogen-bond donors (Lipinski definition) is 0. The van der Waals surface area contributed by atoms with Crippen LogP contribution < -0.4 is 4.74 Å². The Hall–Kier alpha value is -2.44. The molecule has 0 radical (unpaired) electrons. The van der Waals surface area contributed by atoms with Crippen LogP contribution in [0.5, 0.6) is 5.75 Å². The van der Waals surface area contributed by atoms with E-state index >= 15 is 0 Å². The molecule has 1 aromatic carbocycles. The molecule has 0 saturated carbocycles. The monoisotopic (exact) mass is 221 g/mol. The maximum absolute atomic E-state index is 10.8. The van der Waals surface area contributed by atoms with E-state index in [1.165, 1.54) is 25.3 Å². The molecule has 0 N–H and O–H groups in total. The molecule has 2 aromatic rings. The van der Waals surface area contributed by atoms with E-state index in [4.69, 9.17) is 4.74 Å². The number of nitro benzene ring substituents is 1. The van der Waals surface area contributed by atoms with Gasteiger partial charge in [0.15, 0.2) is 0 Å². The number of methoxy groups -OCH3 is 1. The maximum Gasteiger partial charge on any atom is 0.280 e. The van der Waals surface area contributed by atoms with Gasteiger partial charge >= 0.3 is 0 Å². The largest absolute Gasteiger partial charge is 0.497 e. The number of benzene rings is 1. The minimum absolute atomic E-state index is 0.0952. The normalized spacial score (nSPS) is 10.1. The highest BCUT2D eigenvalue weighted by Gasteiger charge is 2.19. The first-order valence-electron chi connectivity index (χ1n) is 4.31. The molecule has 0 bridgehead atoms. The van der Waals surface area contributed by atoms with Crippen LogP contribution in [-0.2, 0) is 0 Å². The Bertz CT molecular complexity index is 509. The van der Waals surface area contributed by atoms with Crippen LogP contribution in [0.4, 0.5) is 5.69 Å². The zero-order chi connectivity index (χ0) is 11.5. The van der Waals surface area contributed by atoms with E-state index < -0.39 is 4.92 Å². The second-order valence-corrected chi connectivity index (χ2v) is 2.90. The van der Waals surface area contributed by atoms with E-state index in [1.54, 1.807) is 0 Å². The summed E-state index contributed by atoms with van der Waals surface area (Å²) in [7, 11) is 1.47. The zero-order valence-corrected chi connectivity index (χ0v) is 8.28. The molecule has 82 valence electrons. The van der Waals surface area contributed by atoms with Gasteiger partial charge in [-0.1, -0.05) is 5.16 Å². The van der Waals surface area contributed by atoms with Crippen LogP contribution in [0.3, 0.4) is 0 Å². The lowest BCUT2D eigenvalue weighted by Gasteiger charge is -2.02. The van der Waals surface area contributed by atoms with Crippen molar-refractivity contribution in [1.29, 1.82) is 0 Å². The standard InChI is InChI=1S/C9H7N3O4/c1-15-6-2-3-8(12(13)14)7(4-6)9-10-5-16-11-9/h2-5H,1H3. The predicted octanol–water partition coefficient (Wildman–Crippen LogP) is 1.65. The third-order valence-electron chi connectivity index (χ3n) is 2.00. The first-order valence-corrected chi connectivity index (χ1v) is 4.31. The summed E-state index contributed by atoms with van der Waals surface area (Å²) in [6, 6.07) is 4.33. The van der Waals surface area contributed by atoms with Crippen LogP contribution in [0.15, 0.2) is 29.1 Å². The summed E-state index contributed by atoms with van der Waals surface area (Å²) in [4.78, 5) is 14.1. The van der Waals surface area contributed by atoms with Gasteiger partial charge in [-0.05, 0) is 12.1 Å². The molecule has 0 fully saturated rings. The fourth-order valence-electron chi connectivity index (χ4n) is 1.27. The molecule has 0 atom stereocenters. The summed E-state index contributed by atoms with van der Waals surface area (Å²) in [5, 5.41) is 14.4. The lowest BCUT2D eigenvalue weighted by molar-refractivity contribution is -0.384. The lowest BCUT2D eigenvalue weighted by atomic mass is 10.1. The molecule has 7 heteroatoms. The predicted molar refractivity (Wildman–Crippen MR) is 52.9 cm³/mol. The topological polar surface area (TPSA) is 91.3 Å². The summed E-state index contributed by atoms with van der Waals surface area (Å²) >= 11 is 0. The van der Waals surface area contributed by atoms with Crippen molar-refractivity contribution in [3.8, 4) is 17.1 Å². The number of nitro groups is 1. The molecular weight excluding hydrogens is 214 g/mol. The maximum atomic E-state index is 10.8. The molecule has 0 spiro atoms. The second-order valence-electron chi connectivity index (χ2n) is 2.90. The molecule has 0 aliphatic heterocycles. The number of aromatic nitrogens is 2. The van der Waals surface area contributed by atoms with Crippen LogP contribution in [0, 0.1) is 10.1 Å². The molecule has 0 unspecified atom stereocenters. The summed E-state index contributed by atoms with van der Waals surface area (Å²) < 4.78 is 9.53. The second kappa shape index (κ2) is 3.97. The summed E-state index contributed by atoms with van der Waals surface area (Å²) in [5.74, 6) is 0.649. The molecule has 0 aliphatic rings. The highest BCUT2D eigenvalue weighted by atomic mass is 16.6. The average molecular weight is 221 g/mol. The van der Waals surface area contributed by atoms with Gasteiger partial charge in [-0.3, -0.25) is 10.1 Å². The smallest absolute Gasteiger partial charge is 0.280 e. The van der Waals surface area contributed by atoms with E-state index in [1.807, 2.05) is 0 Å². The van der Waals surface area contributed by atoms with E-state index in [-0.39, 0.29) is 17.1 Å². The van der Waals surface area contributed by atoms with Crippen LogP contribution in [0.1, 0.15) is 0 Å². The Labute approximate surface area is 89.8 Å². The minimum atomic E-state index is -0.509. The third kappa shape index (κ3) is 1.70. The molecule has 0 amide bonds. The molecule has 2 rings (SSSR count). The molecule has 1 aromatic heterocycles. The average Bonchev–Trinajstić information content (AvgIpc) is 2.81. The van der Waals surface area contributed by atoms with Gasteiger partial charge in [0.1, 0.15) is 11.3 Å². The van der Waals surface area contributed by atoms with Gasteiger partial charge in [0.2, 0.25) is 12.2 Å². The lowest BCUT2D eigenvalue weighted by Crippen LogP contribution is -1.94. The van der Waals surface area contributed by atoms with Crippen molar-refractivity contribution in [2.45, 2.75) is 0 Å². The highest BCUT2D eigenvalue weighted by Crippen LogP contribution is 2.30. The quantitative estimate of drug-likeness (QED) is 0.578. The number of rotatable bonds is 3. The molecule has 16 heavy (non-hydrogen) atoms. The van der Waals surface area contributed by atoms with Crippen molar-refractivity contribution in [3.63, 3.8) is 0 Å². The van der Waals surface area contributed by atoms with Crippen molar-refractivity contribution < 1.29 is 14.2 Å². The SMILES string of the molecule is COc1ccc([N+](=O)[O-])c(-c2ncon2)c1. The van der Waals surface area contributed by atoms with Crippen LogP contribution in [0.2, 0.25) is 0 Å². The van der Waals surface area contributed by atoms with Crippen molar-refractivity contribution >= 4 is 5.69 Å². The Morgan fingerprint density at radius 2 is 2.31 bits per heavy atom. The molecule has 0 aliphatic carbocycles. The van der Waals surface area contributed by atoms with E-state index in [0.29, 0.717) is 5.75 Å². The first kappa shape index (κ1) is 10.1. The molecular formula is C9H7N3O4. The van der Waals surface area contributed by atoms with Crippen LogP contribution >= 0.6 is 0 Å². The Morgan fingerprint density at radius 3 is 2.88 bits per heavy atom. The van der Waals surface area contributed by atoms with Gasteiger partial charge < -0.3 is 9.26 Å².